The Kier molecular flexibility index (Phi) is 5.72. The number of fused-ring (bicyclic) bond motifs is 1. The molecule has 1 N–H and O–H groups in total. The van der Waals surface area contributed by atoms with E-state index >= 15 is 0 Å². The van der Waals surface area contributed by atoms with Crippen molar-refractivity contribution in [2.45, 2.75) is 32.1 Å². The van der Waals surface area contributed by atoms with Gasteiger partial charge in [0.1, 0.15) is 22.8 Å². The number of rotatable bonds is 7. The van der Waals surface area contributed by atoms with E-state index in [-0.39, 0.29) is 11.4 Å². The lowest BCUT2D eigenvalue weighted by Crippen LogP contribution is -2.38. The van der Waals surface area contributed by atoms with Crippen molar-refractivity contribution in [3.8, 4) is 11.7 Å². The Labute approximate surface area is 162 Å². The highest BCUT2D eigenvalue weighted by Gasteiger charge is 2.22. The van der Waals surface area contributed by atoms with E-state index in [1.54, 1.807) is 32.0 Å². The molecule has 7 heteroatoms. The molecule has 2 heterocycles. The molecule has 0 spiro atoms. The van der Waals surface area contributed by atoms with Crippen molar-refractivity contribution in [2.75, 3.05) is 20.0 Å². The quantitative estimate of drug-likeness (QED) is 0.621. The normalized spacial score (nSPS) is 11.9. The second-order valence-corrected chi connectivity index (χ2v) is 7.99. The number of halogens is 1. The number of H-pyrrole nitrogens is 1. The Balaban J connectivity index is 1.99. The van der Waals surface area contributed by atoms with Gasteiger partial charge in [0.25, 0.3) is 0 Å². The highest BCUT2D eigenvalue weighted by atomic mass is 32.2. The molecule has 0 fully saturated rings. The number of methoxy groups -OCH3 is 2. The predicted octanol–water partition coefficient (Wildman–Crippen LogP) is 3.95. The van der Waals surface area contributed by atoms with E-state index < -0.39 is 0 Å². The molecule has 144 valence electrons. The Bertz CT molecular complexity index is 956. The average Bonchev–Trinajstić information content (AvgIpc) is 3.05. The van der Waals surface area contributed by atoms with E-state index in [2.05, 4.69) is 23.8 Å². The molecule has 0 saturated carbocycles. The van der Waals surface area contributed by atoms with Crippen LogP contribution in [0.1, 0.15) is 25.1 Å². The zero-order valence-electron chi connectivity index (χ0n) is 16.3. The first-order valence-electron chi connectivity index (χ1n) is 8.71. The van der Waals surface area contributed by atoms with Crippen molar-refractivity contribution in [1.29, 1.82) is 0 Å². The van der Waals surface area contributed by atoms with Gasteiger partial charge in [0, 0.05) is 36.3 Å². The van der Waals surface area contributed by atoms with Crippen LogP contribution in [0.2, 0.25) is 0 Å². The predicted molar refractivity (Wildman–Crippen MR) is 106 cm³/mol. The van der Waals surface area contributed by atoms with Crippen molar-refractivity contribution in [2.24, 2.45) is 0 Å². The number of nitrogens with zero attached hydrogens (tertiary/aromatic N) is 2. The molecule has 0 bridgehead atoms. The third-order valence-electron chi connectivity index (χ3n) is 4.59. The zero-order chi connectivity index (χ0) is 19.6. The fraction of sp³-hybridized carbons (Fsp3) is 0.400. The lowest BCUT2D eigenvalue weighted by Gasteiger charge is -2.22. The first-order valence-corrected chi connectivity index (χ1v) is 9.87. The van der Waals surface area contributed by atoms with E-state index in [0.717, 1.165) is 34.0 Å². The van der Waals surface area contributed by atoms with Crippen LogP contribution in [0.5, 0.6) is 5.75 Å². The molecule has 5 nitrogen and oxygen atoms in total. The SMILES string of the molecule is COc1cc[n+](-c2nc3cc(F)ccc3[nH]2)c(CSCC(C)(C)OC)c1C. The van der Waals surface area contributed by atoms with E-state index in [9.17, 15) is 4.39 Å². The first kappa shape index (κ1) is 19.6. The number of thioether (sulfide) groups is 1. The Hall–Kier alpha value is -2.12. The minimum atomic E-state index is -0.297. The maximum atomic E-state index is 13.5. The van der Waals surface area contributed by atoms with Crippen molar-refractivity contribution >= 4 is 22.8 Å². The summed E-state index contributed by atoms with van der Waals surface area (Å²) in [4.78, 5) is 7.84. The molecule has 0 radical (unpaired) electrons. The Morgan fingerprint density at radius 3 is 2.74 bits per heavy atom. The third kappa shape index (κ3) is 4.25. The highest BCUT2D eigenvalue weighted by molar-refractivity contribution is 7.98. The summed E-state index contributed by atoms with van der Waals surface area (Å²) < 4.78 is 26.5. The molecule has 27 heavy (non-hydrogen) atoms. The van der Waals surface area contributed by atoms with Crippen LogP contribution in [0.25, 0.3) is 17.0 Å². The summed E-state index contributed by atoms with van der Waals surface area (Å²) in [5.74, 6) is 2.80. The van der Waals surface area contributed by atoms with Gasteiger partial charge in [-0.3, -0.25) is 0 Å². The molecule has 3 rings (SSSR count). The van der Waals surface area contributed by atoms with Crippen LogP contribution >= 0.6 is 11.8 Å². The van der Waals surface area contributed by atoms with Gasteiger partial charge in [-0.05, 0) is 32.9 Å². The van der Waals surface area contributed by atoms with Gasteiger partial charge in [0.05, 0.1) is 18.9 Å². The number of benzene rings is 1. The van der Waals surface area contributed by atoms with E-state index in [0.29, 0.717) is 11.5 Å². The number of ether oxygens (including phenoxy) is 2. The number of aromatic nitrogens is 3. The second kappa shape index (κ2) is 7.86. The lowest BCUT2D eigenvalue weighted by molar-refractivity contribution is -0.610. The minimum absolute atomic E-state index is 0.195. The third-order valence-corrected chi connectivity index (χ3v) is 5.97. The van der Waals surface area contributed by atoms with Gasteiger partial charge in [-0.2, -0.15) is 11.8 Å². The van der Waals surface area contributed by atoms with Crippen LogP contribution in [-0.4, -0.2) is 35.5 Å². The summed E-state index contributed by atoms with van der Waals surface area (Å²) in [5.41, 5.74) is 3.33. The largest absolute Gasteiger partial charge is 0.496 e. The average molecular weight is 391 g/mol. The molecular formula is C20H25FN3O2S+. The van der Waals surface area contributed by atoms with Crippen LogP contribution < -0.4 is 9.30 Å². The van der Waals surface area contributed by atoms with Crippen LogP contribution in [-0.2, 0) is 10.5 Å². The number of hydrogen-bond donors (Lipinski definition) is 1. The maximum Gasteiger partial charge on any atom is 0.402 e. The molecule has 2 aromatic heterocycles. The van der Waals surface area contributed by atoms with Crippen LogP contribution in [0.15, 0.2) is 30.5 Å². The van der Waals surface area contributed by atoms with E-state index in [4.69, 9.17) is 9.47 Å². The van der Waals surface area contributed by atoms with Crippen molar-refractivity contribution in [3.05, 3.63) is 47.5 Å². The van der Waals surface area contributed by atoms with Crippen LogP contribution in [0.4, 0.5) is 4.39 Å². The van der Waals surface area contributed by atoms with Gasteiger partial charge >= 0.3 is 5.95 Å². The molecule has 0 unspecified atom stereocenters. The van der Waals surface area contributed by atoms with E-state index in [1.165, 1.54) is 12.1 Å². The molecule has 0 aliphatic heterocycles. The van der Waals surface area contributed by atoms with Gasteiger partial charge < -0.3 is 9.47 Å². The summed E-state index contributed by atoms with van der Waals surface area (Å²) in [6.45, 7) is 6.18. The standard InChI is InChI=1S/C20H25FN3O2S/c1-13-17(11-27-12-20(2,3)26-5)24(9-8-18(13)25-4)19-22-15-7-6-14(21)10-16(15)23-19/h6-10H,11-12H2,1-5H3,(H,22,23)/q+1. The molecule has 0 aliphatic carbocycles. The fourth-order valence-electron chi connectivity index (χ4n) is 2.81. The van der Waals surface area contributed by atoms with Crippen LogP contribution in [0.3, 0.4) is 0 Å². The summed E-state index contributed by atoms with van der Waals surface area (Å²) in [7, 11) is 3.40. The second-order valence-electron chi connectivity index (χ2n) is 7.00. The molecule has 1 aromatic carbocycles. The Morgan fingerprint density at radius 1 is 1.26 bits per heavy atom. The molecule has 0 amide bonds. The van der Waals surface area contributed by atoms with Crippen molar-refractivity contribution < 1.29 is 18.4 Å². The van der Waals surface area contributed by atoms with Crippen molar-refractivity contribution in [3.63, 3.8) is 0 Å². The lowest BCUT2D eigenvalue weighted by atomic mass is 10.2. The summed E-state index contributed by atoms with van der Waals surface area (Å²) >= 11 is 1.79. The molecule has 0 atom stereocenters. The van der Waals surface area contributed by atoms with Crippen molar-refractivity contribution in [1.82, 2.24) is 9.97 Å². The monoisotopic (exact) mass is 390 g/mol. The summed E-state index contributed by atoms with van der Waals surface area (Å²) in [5, 5.41) is 0. The molecule has 3 aromatic rings. The van der Waals surface area contributed by atoms with Gasteiger partial charge in [-0.25, -0.2) is 13.9 Å². The van der Waals surface area contributed by atoms with Gasteiger partial charge in [0.15, 0.2) is 5.52 Å². The van der Waals surface area contributed by atoms with Gasteiger partial charge in [0.2, 0.25) is 0 Å². The maximum absolute atomic E-state index is 13.5. The highest BCUT2D eigenvalue weighted by Crippen LogP contribution is 2.25. The Morgan fingerprint density at radius 2 is 2.04 bits per heavy atom. The number of hydrogen-bond acceptors (Lipinski definition) is 4. The number of imidazole rings is 1. The molecule has 0 aliphatic rings. The van der Waals surface area contributed by atoms with Gasteiger partial charge in [-0.1, -0.05) is 4.98 Å². The first-order chi connectivity index (χ1) is 12.8. The van der Waals surface area contributed by atoms with Gasteiger partial charge in [-0.15, -0.1) is 0 Å². The van der Waals surface area contributed by atoms with Crippen LogP contribution in [0, 0.1) is 12.7 Å². The number of aromatic amines is 1. The topological polar surface area (TPSA) is 51.0 Å². The summed E-state index contributed by atoms with van der Waals surface area (Å²) in [6.07, 6.45) is 1.93. The fourth-order valence-corrected chi connectivity index (χ4v) is 4.07. The molecule has 0 saturated heterocycles. The number of nitrogens with one attached hydrogen (secondary N) is 1. The number of pyridine rings is 1. The molecular weight excluding hydrogens is 365 g/mol. The van der Waals surface area contributed by atoms with E-state index in [1.807, 2.05) is 23.8 Å². The minimum Gasteiger partial charge on any atom is -0.496 e. The summed E-state index contributed by atoms with van der Waals surface area (Å²) in [6, 6.07) is 6.48. The smallest absolute Gasteiger partial charge is 0.402 e. The zero-order valence-corrected chi connectivity index (χ0v) is 17.1.